The fourth-order valence-electron chi connectivity index (χ4n) is 4.74. The minimum atomic E-state index is 0.144. The molecule has 2 aromatic carbocycles. The van der Waals surface area contributed by atoms with E-state index in [1.165, 1.54) is 5.56 Å². The number of carbonyl (C=O) groups excluding carboxylic acids is 1. The number of aliphatic imine (C=N–C) groups is 1. The predicted octanol–water partition coefficient (Wildman–Crippen LogP) is 4.50. The van der Waals surface area contributed by atoms with Crippen molar-refractivity contribution in [2.75, 3.05) is 26.2 Å². The number of amidine groups is 1. The van der Waals surface area contributed by atoms with E-state index >= 15 is 0 Å². The molecule has 1 saturated heterocycles. The molecule has 0 aliphatic carbocycles. The number of likely N-dealkylation sites (tertiary alicyclic amines) is 1. The SMILES string of the molecule is O=C(c1cn(CC2=NCCN2)c2cc(Br)ccc12)N1CCC(Cc2ccccc2)CC1. The molecule has 160 valence electrons. The van der Waals surface area contributed by atoms with E-state index in [1.54, 1.807) is 0 Å². The Morgan fingerprint density at radius 1 is 1.13 bits per heavy atom. The maximum atomic E-state index is 13.5. The van der Waals surface area contributed by atoms with E-state index in [1.807, 2.05) is 17.2 Å². The number of nitrogens with one attached hydrogen (secondary N) is 1. The standard InChI is InChI=1S/C25H27BrN4O/c26-20-6-7-21-22(16-30(23(21)15-20)17-24-27-10-11-28-24)25(31)29-12-8-19(9-13-29)14-18-4-2-1-3-5-18/h1-7,15-16,19H,8-14,17H2,(H,27,28). The maximum absolute atomic E-state index is 13.5. The zero-order valence-corrected chi connectivity index (χ0v) is 19.1. The van der Waals surface area contributed by atoms with E-state index in [2.05, 4.69) is 73.3 Å². The largest absolute Gasteiger partial charge is 0.370 e. The van der Waals surface area contributed by atoms with E-state index in [9.17, 15) is 4.79 Å². The number of rotatable bonds is 5. The van der Waals surface area contributed by atoms with Gasteiger partial charge in [-0.3, -0.25) is 9.79 Å². The first-order valence-corrected chi connectivity index (χ1v) is 11.9. The molecular formula is C25H27BrN4O. The van der Waals surface area contributed by atoms with Crippen LogP contribution in [0, 0.1) is 5.92 Å². The molecule has 2 aliphatic rings. The van der Waals surface area contributed by atoms with Gasteiger partial charge in [0.2, 0.25) is 0 Å². The van der Waals surface area contributed by atoms with Gasteiger partial charge in [-0.05, 0) is 42.9 Å². The molecule has 31 heavy (non-hydrogen) atoms. The molecule has 0 saturated carbocycles. The Labute approximate surface area is 191 Å². The average Bonchev–Trinajstić information content (AvgIpc) is 3.43. The van der Waals surface area contributed by atoms with Crippen LogP contribution >= 0.6 is 15.9 Å². The van der Waals surface area contributed by atoms with Gasteiger partial charge in [0, 0.05) is 35.7 Å². The normalized spacial score (nSPS) is 17.1. The van der Waals surface area contributed by atoms with Gasteiger partial charge in [-0.25, -0.2) is 0 Å². The number of carbonyl (C=O) groups is 1. The van der Waals surface area contributed by atoms with E-state index in [4.69, 9.17) is 0 Å². The summed E-state index contributed by atoms with van der Waals surface area (Å²) in [4.78, 5) is 20.0. The minimum Gasteiger partial charge on any atom is -0.370 e. The lowest BCUT2D eigenvalue weighted by atomic mass is 9.90. The highest BCUT2D eigenvalue weighted by molar-refractivity contribution is 9.10. The highest BCUT2D eigenvalue weighted by atomic mass is 79.9. The highest BCUT2D eigenvalue weighted by Gasteiger charge is 2.26. The van der Waals surface area contributed by atoms with E-state index in [0.717, 1.165) is 72.2 Å². The monoisotopic (exact) mass is 478 g/mol. The number of piperidine rings is 1. The van der Waals surface area contributed by atoms with Crippen LogP contribution in [0.3, 0.4) is 0 Å². The summed E-state index contributed by atoms with van der Waals surface area (Å²) in [6, 6.07) is 16.8. The lowest BCUT2D eigenvalue weighted by molar-refractivity contribution is 0.0692. The van der Waals surface area contributed by atoms with Gasteiger partial charge in [0.05, 0.1) is 24.2 Å². The molecule has 1 aromatic heterocycles. The van der Waals surface area contributed by atoms with Crippen molar-refractivity contribution in [2.24, 2.45) is 10.9 Å². The first-order chi connectivity index (χ1) is 15.2. The van der Waals surface area contributed by atoms with Crippen LogP contribution in [-0.4, -0.2) is 47.4 Å². The van der Waals surface area contributed by atoms with Crippen molar-refractivity contribution < 1.29 is 4.79 Å². The van der Waals surface area contributed by atoms with Crippen LogP contribution in [0.2, 0.25) is 0 Å². The number of amides is 1. The number of nitrogens with zero attached hydrogens (tertiary/aromatic N) is 3. The molecule has 0 spiro atoms. The molecule has 1 amide bonds. The van der Waals surface area contributed by atoms with Gasteiger partial charge < -0.3 is 14.8 Å². The number of halogens is 1. The number of benzene rings is 2. The third-order valence-corrected chi connectivity index (χ3v) is 6.90. The van der Waals surface area contributed by atoms with Crippen molar-refractivity contribution in [3.63, 3.8) is 0 Å². The smallest absolute Gasteiger partial charge is 0.256 e. The Kier molecular flexibility index (Phi) is 5.81. The molecule has 3 aromatic rings. The molecule has 0 atom stereocenters. The Balaban J connectivity index is 1.33. The summed E-state index contributed by atoms with van der Waals surface area (Å²) in [5, 5.41) is 4.35. The third-order valence-electron chi connectivity index (χ3n) is 6.41. The van der Waals surface area contributed by atoms with Crippen molar-refractivity contribution in [1.29, 1.82) is 0 Å². The van der Waals surface area contributed by atoms with Crippen LogP contribution in [0.4, 0.5) is 0 Å². The van der Waals surface area contributed by atoms with E-state index in [0.29, 0.717) is 12.5 Å². The van der Waals surface area contributed by atoms with Crippen molar-refractivity contribution in [3.8, 4) is 0 Å². The number of fused-ring (bicyclic) bond motifs is 1. The second kappa shape index (κ2) is 8.87. The summed E-state index contributed by atoms with van der Waals surface area (Å²) in [5.41, 5.74) is 3.25. The van der Waals surface area contributed by atoms with Crippen LogP contribution in [0.1, 0.15) is 28.8 Å². The zero-order chi connectivity index (χ0) is 21.2. The summed E-state index contributed by atoms with van der Waals surface area (Å²) in [7, 11) is 0. The van der Waals surface area contributed by atoms with Gasteiger partial charge in [0.25, 0.3) is 5.91 Å². The third kappa shape index (κ3) is 4.40. The highest BCUT2D eigenvalue weighted by Crippen LogP contribution is 2.28. The average molecular weight is 479 g/mol. The second-order valence-corrected chi connectivity index (χ2v) is 9.43. The van der Waals surface area contributed by atoms with Crippen LogP contribution in [0.15, 0.2) is 64.2 Å². The molecule has 0 radical (unpaired) electrons. The van der Waals surface area contributed by atoms with E-state index < -0.39 is 0 Å². The lowest BCUT2D eigenvalue weighted by Gasteiger charge is -2.32. The van der Waals surface area contributed by atoms with Gasteiger partial charge in [-0.15, -0.1) is 0 Å². The molecule has 3 heterocycles. The molecule has 5 rings (SSSR count). The van der Waals surface area contributed by atoms with Crippen LogP contribution in [0.5, 0.6) is 0 Å². The van der Waals surface area contributed by atoms with Gasteiger partial charge in [0.15, 0.2) is 0 Å². The van der Waals surface area contributed by atoms with Crippen LogP contribution in [-0.2, 0) is 13.0 Å². The Bertz CT molecular complexity index is 1110. The Morgan fingerprint density at radius 2 is 1.94 bits per heavy atom. The summed E-state index contributed by atoms with van der Waals surface area (Å²) in [5.74, 6) is 1.78. The summed E-state index contributed by atoms with van der Waals surface area (Å²) >= 11 is 3.58. The van der Waals surface area contributed by atoms with Crippen molar-refractivity contribution in [2.45, 2.75) is 25.8 Å². The molecule has 1 N–H and O–H groups in total. The van der Waals surface area contributed by atoms with Gasteiger partial charge in [0.1, 0.15) is 5.84 Å². The van der Waals surface area contributed by atoms with Crippen molar-refractivity contribution in [1.82, 2.24) is 14.8 Å². The Hall–Kier alpha value is -2.60. The molecule has 2 aliphatic heterocycles. The molecule has 0 unspecified atom stereocenters. The number of aromatic nitrogens is 1. The first kappa shape index (κ1) is 20.3. The fraction of sp³-hybridized carbons (Fsp3) is 0.360. The maximum Gasteiger partial charge on any atom is 0.256 e. The lowest BCUT2D eigenvalue weighted by Crippen LogP contribution is -2.38. The number of hydrogen-bond acceptors (Lipinski definition) is 3. The first-order valence-electron chi connectivity index (χ1n) is 11.1. The van der Waals surface area contributed by atoms with Crippen molar-refractivity contribution >= 4 is 38.6 Å². The predicted molar refractivity (Wildman–Crippen MR) is 129 cm³/mol. The fourth-order valence-corrected chi connectivity index (χ4v) is 5.09. The van der Waals surface area contributed by atoms with Crippen molar-refractivity contribution in [3.05, 3.63) is 70.3 Å². The van der Waals surface area contributed by atoms with Gasteiger partial charge >= 0.3 is 0 Å². The zero-order valence-electron chi connectivity index (χ0n) is 17.6. The topological polar surface area (TPSA) is 49.6 Å². The van der Waals surface area contributed by atoms with Crippen LogP contribution < -0.4 is 5.32 Å². The van der Waals surface area contributed by atoms with Crippen LogP contribution in [0.25, 0.3) is 10.9 Å². The molecule has 6 heteroatoms. The molecular weight excluding hydrogens is 452 g/mol. The second-order valence-electron chi connectivity index (χ2n) is 8.51. The minimum absolute atomic E-state index is 0.144. The molecule has 0 bridgehead atoms. The molecule has 5 nitrogen and oxygen atoms in total. The Morgan fingerprint density at radius 3 is 2.68 bits per heavy atom. The van der Waals surface area contributed by atoms with Gasteiger partial charge in [-0.1, -0.05) is 52.3 Å². The summed E-state index contributed by atoms with van der Waals surface area (Å²) in [6.07, 6.45) is 5.24. The number of hydrogen-bond donors (Lipinski definition) is 1. The van der Waals surface area contributed by atoms with E-state index in [-0.39, 0.29) is 5.91 Å². The quantitative estimate of drug-likeness (QED) is 0.586. The summed E-state index contributed by atoms with van der Waals surface area (Å²) in [6.45, 7) is 4.03. The summed E-state index contributed by atoms with van der Waals surface area (Å²) < 4.78 is 3.16. The molecule has 1 fully saturated rings. The van der Waals surface area contributed by atoms with Gasteiger partial charge in [-0.2, -0.15) is 0 Å².